The molecule has 2 unspecified atom stereocenters. The van der Waals surface area contributed by atoms with Crippen molar-refractivity contribution >= 4 is 11.4 Å². The van der Waals surface area contributed by atoms with Gasteiger partial charge in [0.2, 0.25) is 0 Å². The summed E-state index contributed by atoms with van der Waals surface area (Å²) in [5, 5.41) is 30.4. The second-order valence-corrected chi connectivity index (χ2v) is 5.85. The van der Waals surface area contributed by atoms with Crippen LogP contribution in [0.25, 0.3) is 0 Å². The van der Waals surface area contributed by atoms with Crippen molar-refractivity contribution in [3.63, 3.8) is 0 Å². The van der Waals surface area contributed by atoms with Gasteiger partial charge in [-0.3, -0.25) is 0 Å². The fourth-order valence-corrected chi connectivity index (χ4v) is 1.39. The maximum absolute atomic E-state index is 8.70. The largest absolute Gasteiger partial charge is 0.411 e. The molecular weight excluding hydrogens is 432 g/mol. The van der Waals surface area contributed by atoms with Crippen LogP contribution >= 0.6 is 0 Å². The zero-order valence-electron chi connectivity index (χ0n) is 13.2. The smallest absolute Gasteiger partial charge is 0.0706 e. The molecule has 0 aromatic heterocycles. The van der Waals surface area contributed by atoms with Crippen molar-refractivity contribution in [1.29, 1.82) is 0 Å². The third kappa shape index (κ3) is 8.65. The van der Waals surface area contributed by atoms with Crippen LogP contribution in [0.3, 0.4) is 0 Å². The predicted molar refractivity (Wildman–Crippen MR) is 78.5 cm³/mol. The number of nitrogens with zero attached hydrogens (tertiary/aromatic N) is 2. The minimum Gasteiger partial charge on any atom is -0.411 e. The van der Waals surface area contributed by atoms with Crippen molar-refractivity contribution in [3.05, 3.63) is 0 Å². The average Bonchev–Trinajstić information content (AvgIpc) is 2.40. The Kier molecular flexibility index (Phi) is 11.2. The quantitative estimate of drug-likeness (QED) is 0.252. The summed E-state index contributed by atoms with van der Waals surface area (Å²) in [6.45, 7) is 13.4. The summed E-state index contributed by atoms with van der Waals surface area (Å²) in [7, 11) is 0. The maximum atomic E-state index is 8.70. The number of oxime groups is 2. The number of nitrogens with one attached hydrogen (secondary N) is 2. The molecule has 0 amide bonds. The van der Waals surface area contributed by atoms with E-state index in [4.69, 9.17) is 10.4 Å². The summed E-state index contributed by atoms with van der Waals surface area (Å²) < 4.78 is 0. The van der Waals surface area contributed by atoms with Gasteiger partial charge in [-0.25, -0.2) is 0 Å². The van der Waals surface area contributed by atoms with Gasteiger partial charge < -0.3 is 21.0 Å². The Bertz CT molecular complexity index is 302. The molecule has 0 saturated heterocycles. The van der Waals surface area contributed by atoms with Crippen LogP contribution in [-0.4, -0.2) is 47.0 Å². The van der Waals surface area contributed by atoms with Crippen molar-refractivity contribution in [2.75, 3.05) is 13.1 Å². The third-order valence-corrected chi connectivity index (χ3v) is 3.34. The second-order valence-electron chi connectivity index (χ2n) is 5.85. The molecule has 6 nitrogen and oxygen atoms in total. The first-order valence-electron chi connectivity index (χ1n) is 6.57. The van der Waals surface area contributed by atoms with E-state index in [0.29, 0.717) is 11.4 Å². The molecule has 0 spiro atoms. The normalized spacial score (nSPS) is 16.5. The van der Waals surface area contributed by atoms with Crippen LogP contribution in [0.5, 0.6) is 0 Å². The molecule has 0 aromatic rings. The molecule has 0 aromatic carbocycles. The summed E-state index contributed by atoms with van der Waals surface area (Å²) in [4.78, 5) is 0. The van der Waals surface area contributed by atoms with Crippen LogP contribution < -0.4 is 10.6 Å². The van der Waals surface area contributed by atoms with Gasteiger partial charge in [-0.1, -0.05) is 24.2 Å². The molecule has 1 radical (unpaired) electrons. The molecule has 20 heavy (non-hydrogen) atoms. The second kappa shape index (κ2) is 10.3. The standard InChI is InChI=1S/C13H28N4O2.Re/c1-9(11(3)16-18)14-7-13(5,6)8-15-10(2)12(4)17-19;/h9-10,14-15,18-19H,7-8H2,1-6H3;/b16-11+,17-12+;/i;1+2. The molecule has 7 heteroatoms. The van der Waals surface area contributed by atoms with Gasteiger partial charge in [-0.15, -0.1) is 0 Å². The molecule has 2 atom stereocenters. The topological polar surface area (TPSA) is 89.2 Å². The fraction of sp³-hybridized carbons (Fsp3) is 0.846. The summed E-state index contributed by atoms with van der Waals surface area (Å²) in [5.41, 5.74) is 1.37. The maximum Gasteiger partial charge on any atom is 0.0706 e. The SMILES string of the molecule is C/C(=N\O)C(C)NCC(C)(C)CNC(C)/C(C)=N/O.[188Re]. The van der Waals surface area contributed by atoms with Crippen molar-refractivity contribution in [2.45, 2.75) is 53.6 Å². The van der Waals surface area contributed by atoms with Gasteiger partial charge in [0.05, 0.1) is 11.4 Å². The van der Waals surface area contributed by atoms with Gasteiger partial charge in [0.1, 0.15) is 0 Å². The van der Waals surface area contributed by atoms with Gasteiger partial charge in [-0.2, -0.15) is 0 Å². The minimum absolute atomic E-state index is 0. The van der Waals surface area contributed by atoms with Gasteiger partial charge in [0, 0.05) is 45.6 Å². The van der Waals surface area contributed by atoms with Crippen molar-refractivity contribution in [2.24, 2.45) is 15.7 Å². The van der Waals surface area contributed by atoms with E-state index >= 15 is 0 Å². The molecule has 0 saturated carbocycles. The van der Waals surface area contributed by atoms with Crippen LogP contribution in [0, 0.1) is 5.41 Å². The molecule has 0 aliphatic carbocycles. The Morgan fingerprint density at radius 3 is 1.50 bits per heavy atom. The molecule has 0 rings (SSSR count). The predicted octanol–water partition coefficient (Wildman–Crippen LogP) is 1.67. The van der Waals surface area contributed by atoms with Crippen molar-refractivity contribution in [3.8, 4) is 0 Å². The van der Waals surface area contributed by atoms with E-state index < -0.39 is 0 Å². The Balaban J connectivity index is 0. The monoisotopic (exact) mass is 460 g/mol. The van der Waals surface area contributed by atoms with Crippen molar-refractivity contribution in [1.82, 2.24) is 10.6 Å². The molecule has 0 bridgehead atoms. The van der Waals surface area contributed by atoms with Crippen LogP contribution in [-0.2, 0) is 20.4 Å². The first-order chi connectivity index (χ1) is 8.73. The Labute approximate surface area is 135 Å². The van der Waals surface area contributed by atoms with Crippen LogP contribution in [0.15, 0.2) is 10.3 Å². The molecule has 0 aliphatic heterocycles. The van der Waals surface area contributed by atoms with Crippen LogP contribution in [0.2, 0.25) is 0 Å². The first kappa shape index (κ1) is 21.8. The van der Waals surface area contributed by atoms with E-state index in [2.05, 4.69) is 34.8 Å². The summed E-state index contributed by atoms with van der Waals surface area (Å²) >= 11 is 0. The third-order valence-electron chi connectivity index (χ3n) is 3.34. The number of hydrogen-bond donors (Lipinski definition) is 4. The molecule has 0 aliphatic rings. The fourth-order valence-electron chi connectivity index (χ4n) is 1.39. The first-order valence-corrected chi connectivity index (χ1v) is 6.57. The molecule has 0 heterocycles. The van der Waals surface area contributed by atoms with E-state index in [9.17, 15) is 0 Å². The summed E-state index contributed by atoms with van der Waals surface area (Å²) in [6.07, 6.45) is 0. The molecule has 4 N–H and O–H groups in total. The van der Waals surface area contributed by atoms with Gasteiger partial charge in [0.15, 0.2) is 0 Å². The van der Waals surface area contributed by atoms with E-state index in [1.165, 1.54) is 0 Å². The Hall–Kier alpha value is -0.478. The van der Waals surface area contributed by atoms with Gasteiger partial charge in [0.25, 0.3) is 0 Å². The van der Waals surface area contributed by atoms with E-state index in [1.807, 2.05) is 13.8 Å². The van der Waals surface area contributed by atoms with E-state index in [-0.39, 0.29) is 37.9 Å². The zero-order chi connectivity index (χ0) is 15.1. The zero-order valence-corrected chi connectivity index (χ0v) is 16.0. The average molecular weight is 460 g/mol. The van der Waals surface area contributed by atoms with E-state index in [1.54, 1.807) is 13.8 Å². The van der Waals surface area contributed by atoms with Gasteiger partial charge >= 0.3 is 0 Å². The molecular formula is C13H28N4O2Re. The molecule has 0 fully saturated rings. The number of rotatable bonds is 8. The van der Waals surface area contributed by atoms with Crippen molar-refractivity contribution < 1.29 is 30.8 Å². The van der Waals surface area contributed by atoms with Crippen LogP contribution in [0.1, 0.15) is 41.5 Å². The number of hydrogen-bond acceptors (Lipinski definition) is 6. The minimum atomic E-state index is 0. The Morgan fingerprint density at radius 1 is 0.950 bits per heavy atom. The van der Waals surface area contributed by atoms with Crippen LogP contribution in [0.4, 0.5) is 0 Å². The Morgan fingerprint density at radius 2 is 1.25 bits per heavy atom. The summed E-state index contributed by atoms with van der Waals surface area (Å²) in [6, 6.07) is 0.0878. The summed E-state index contributed by atoms with van der Waals surface area (Å²) in [5.74, 6) is 0. The van der Waals surface area contributed by atoms with E-state index in [0.717, 1.165) is 13.1 Å². The van der Waals surface area contributed by atoms with Gasteiger partial charge in [-0.05, 0) is 33.1 Å². The molecule has 119 valence electrons.